The maximum Gasteiger partial charge on any atom is -0.00201 e. The van der Waals surface area contributed by atoms with E-state index in [-0.39, 0.29) is 0 Å². The van der Waals surface area contributed by atoms with Crippen molar-refractivity contribution in [2.45, 2.75) is 13.8 Å². The molecule has 6 aromatic carbocycles. The van der Waals surface area contributed by atoms with Gasteiger partial charge in [-0.25, -0.2) is 0 Å². The minimum absolute atomic E-state index is 0.776. The molecule has 1 heterocycles. The van der Waals surface area contributed by atoms with Crippen LogP contribution in [-0.4, -0.2) is 6.54 Å². The Morgan fingerprint density at radius 2 is 1.03 bits per heavy atom. The molecule has 0 N–H and O–H groups in total. The molecule has 182 valence electrons. The Morgan fingerprint density at radius 3 is 1.66 bits per heavy atom. The van der Waals surface area contributed by atoms with E-state index in [1.54, 1.807) is 0 Å². The molecule has 7 rings (SSSR count). The van der Waals surface area contributed by atoms with E-state index in [1.807, 2.05) is 0 Å². The molecular weight excluding hydrogens is 458 g/mol. The molecular formula is C37H28N-. The Balaban J connectivity index is 1.50. The van der Waals surface area contributed by atoms with Crippen LogP contribution in [-0.2, 0) is 0 Å². The summed E-state index contributed by atoms with van der Waals surface area (Å²) >= 11 is 0. The molecule has 1 aliphatic heterocycles. The van der Waals surface area contributed by atoms with Gasteiger partial charge >= 0.3 is 0 Å². The first-order valence-corrected chi connectivity index (χ1v) is 13.3. The fourth-order valence-electron chi connectivity index (χ4n) is 5.95. The number of rotatable bonds is 3. The number of aryl methyl sites for hydroxylation is 1. The molecule has 0 unspecified atom stereocenters. The number of fused-ring (bicyclic) bond motifs is 3. The van der Waals surface area contributed by atoms with Crippen molar-refractivity contribution in [1.29, 1.82) is 0 Å². The lowest BCUT2D eigenvalue weighted by atomic mass is 9.84. The normalized spacial score (nSPS) is 13.4. The molecule has 0 atom stereocenters. The van der Waals surface area contributed by atoms with Gasteiger partial charge in [-0.2, -0.15) is 0 Å². The summed E-state index contributed by atoms with van der Waals surface area (Å²) < 4.78 is 0. The van der Waals surface area contributed by atoms with E-state index < -0.39 is 0 Å². The van der Waals surface area contributed by atoms with Gasteiger partial charge in [-0.1, -0.05) is 127 Å². The van der Waals surface area contributed by atoms with Crippen LogP contribution in [0.4, 0.5) is 0 Å². The maximum absolute atomic E-state index is 4.75. The maximum atomic E-state index is 4.75. The topological polar surface area (TPSA) is 14.1 Å². The SMILES string of the molecule is CC1=CC=C(c2ccc(-c3c4ccccc4c(-c4cccc5c(C)cccc45)c4ccccc34)cc2)[N-]C1. The zero-order valence-electron chi connectivity index (χ0n) is 21.7. The van der Waals surface area contributed by atoms with Crippen LogP contribution in [0.15, 0.2) is 127 Å². The molecule has 0 amide bonds. The van der Waals surface area contributed by atoms with Gasteiger partial charge in [0.25, 0.3) is 0 Å². The summed E-state index contributed by atoms with van der Waals surface area (Å²) in [5.74, 6) is 0. The van der Waals surface area contributed by atoms with Crippen molar-refractivity contribution in [3.8, 4) is 22.3 Å². The molecule has 1 heteroatoms. The van der Waals surface area contributed by atoms with Crippen LogP contribution < -0.4 is 0 Å². The molecule has 0 bridgehead atoms. The van der Waals surface area contributed by atoms with Crippen molar-refractivity contribution >= 4 is 38.0 Å². The monoisotopic (exact) mass is 486 g/mol. The molecule has 38 heavy (non-hydrogen) atoms. The Morgan fingerprint density at radius 1 is 0.474 bits per heavy atom. The van der Waals surface area contributed by atoms with E-state index in [0.29, 0.717) is 0 Å². The fourth-order valence-corrected chi connectivity index (χ4v) is 5.95. The molecule has 1 aliphatic rings. The standard InChI is InChI=1S/C37H28N/c1-24-17-22-35(38-23-24)26-18-20-27(21-19-26)36-31-10-3-5-12-33(31)37(34-13-6-4-11-32(34)36)30-16-8-14-28-25(2)9-7-15-29(28)30/h3-22H,23H2,1-2H3/q-1. The van der Waals surface area contributed by atoms with Crippen LogP contribution in [0.3, 0.4) is 0 Å². The highest BCUT2D eigenvalue weighted by Gasteiger charge is 2.18. The van der Waals surface area contributed by atoms with Crippen molar-refractivity contribution in [2.24, 2.45) is 0 Å². The zero-order chi connectivity index (χ0) is 25.6. The minimum atomic E-state index is 0.776. The van der Waals surface area contributed by atoms with Gasteiger partial charge in [0.2, 0.25) is 0 Å². The summed E-state index contributed by atoms with van der Waals surface area (Å²) in [5, 5.41) is 12.5. The second-order valence-electron chi connectivity index (χ2n) is 10.3. The van der Waals surface area contributed by atoms with Crippen LogP contribution in [0.1, 0.15) is 18.1 Å². The third kappa shape index (κ3) is 3.63. The predicted octanol–water partition coefficient (Wildman–Crippen LogP) is 10.5. The lowest BCUT2D eigenvalue weighted by molar-refractivity contribution is 1.25. The summed E-state index contributed by atoms with van der Waals surface area (Å²) in [6.45, 7) is 5.10. The highest BCUT2D eigenvalue weighted by Crippen LogP contribution is 2.45. The van der Waals surface area contributed by atoms with Gasteiger partial charge in [-0.05, 0) is 79.5 Å². The average molecular weight is 487 g/mol. The van der Waals surface area contributed by atoms with Gasteiger partial charge in [-0.15, -0.1) is 12.2 Å². The van der Waals surface area contributed by atoms with E-state index in [1.165, 1.54) is 65.7 Å². The summed E-state index contributed by atoms with van der Waals surface area (Å²) in [4.78, 5) is 0. The first-order valence-electron chi connectivity index (χ1n) is 13.3. The predicted molar refractivity (Wildman–Crippen MR) is 165 cm³/mol. The minimum Gasteiger partial charge on any atom is -0.680 e. The van der Waals surface area contributed by atoms with E-state index in [4.69, 9.17) is 5.32 Å². The zero-order valence-corrected chi connectivity index (χ0v) is 21.7. The van der Waals surface area contributed by atoms with Crippen LogP contribution in [0.2, 0.25) is 0 Å². The molecule has 0 saturated heterocycles. The third-order valence-corrected chi connectivity index (χ3v) is 7.83. The summed E-state index contributed by atoms with van der Waals surface area (Å²) in [6, 6.07) is 40.0. The first-order chi connectivity index (χ1) is 18.7. The van der Waals surface area contributed by atoms with Crippen LogP contribution in [0.25, 0.3) is 65.6 Å². The Labute approximate surface area is 223 Å². The van der Waals surface area contributed by atoms with Gasteiger partial charge in [0.1, 0.15) is 0 Å². The quantitative estimate of drug-likeness (QED) is 0.221. The number of hydrogen-bond donors (Lipinski definition) is 0. The van der Waals surface area contributed by atoms with Crippen molar-refractivity contribution < 1.29 is 0 Å². The summed E-state index contributed by atoms with van der Waals surface area (Å²) in [5.41, 5.74) is 9.92. The molecule has 6 aromatic rings. The van der Waals surface area contributed by atoms with Crippen LogP contribution in [0.5, 0.6) is 0 Å². The largest absolute Gasteiger partial charge is 0.680 e. The van der Waals surface area contributed by atoms with Crippen molar-refractivity contribution in [1.82, 2.24) is 0 Å². The first kappa shape index (κ1) is 22.6. The molecule has 0 spiro atoms. The van der Waals surface area contributed by atoms with Gasteiger partial charge in [0, 0.05) is 0 Å². The Kier molecular flexibility index (Phi) is 5.37. The number of allylic oxidation sites excluding steroid dienone is 2. The highest BCUT2D eigenvalue weighted by atomic mass is 14.9. The molecule has 1 nitrogen and oxygen atoms in total. The second kappa shape index (κ2) is 9.04. The molecule has 0 radical (unpaired) electrons. The smallest absolute Gasteiger partial charge is 0.00201 e. The lowest BCUT2D eigenvalue weighted by Crippen LogP contribution is -1.95. The second-order valence-corrected chi connectivity index (χ2v) is 10.3. The van der Waals surface area contributed by atoms with Crippen molar-refractivity contribution in [3.63, 3.8) is 0 Å². The number of nitrogens with zero attached hydrogens (tertiary/aromatic N) is 1. The summed E-state index contributed by atoms with van der Waals surface area (Å²) in [6.07, 6.45) is 4.30. The summed E-state index contributed by atoms with van der Waals surface area (Å²) in [7, 11) is 0. The average Bonchev–Trinajstić information content (AvgIpc) is 2.96. The van der Waals surface area contributed by atoms with Crippen LogP contribution in [0, 0.1) is 6.92 Å². The molecule has 0 aliphatic carbocycles. The van der Waals surface area contributed by atoms with E-state index in [0.717, 1.165) is 17.8 Å². The van der Waals surface area contributed by atoms with Crippen LogP contribution >= 0.6 is 0 Å². The van der Waals surface area contributed by atoms with Gasteiger partial charge in [-0.3, -0.25) is 0 Å². The lowest BCUT2D eigenvalue weighted by Gasteiger charge is -2.29. The Hall–Kier alpha value is -4.62. The van der Waals surface area contributed by atoms with Gasteiger partial charge in [0.05, 0.1) is 0 Å². The molecule has 0 saturated carbocycles. The van der Waals surface area contributed by atoms with Gasteiger partial charge < -0.3 is 5.32 Å². The highest BCUT2D eigenvalue weighted by molar-refractivity contribution is 6.23. The van der Waals surface area contributed by atoms with E-state index in [2.05, 4.69) is 135 Å². The fraction of sp³-hybridized carbons (Fsp3) is 0.0811. The Bertz CT molecular complexity index is 1860. The van der Waals surface area contributed by atoms with E-state index in [9.17, 15) is 0 Å². The van der Waals surface area contributed by atoms with Gasteiger partial charge in [0.15, 0.2) is 0 Å². The molecule has 0 fully saturated rings. The third-order valence-electron chi connectivity index (χ3n) is 7.83. The van der Waals surface area contributed by atoms with Crippen molar-refractivity contribution in [3.05, 3.63) is 143 Å². The molecule has 0 aromatic heterocycles. The number of benzene rings is 6. The number of hydrogen-bond acceptors (Lipinski definition) is 0. The van der Waals surface area contributed by atoms with E-state index >= 15 is 0 Å². The van der Waals surface area contributed by atoms with Crippen molar-refractivity contribution in [2.75, 3.05) is 6.54 Å².